The third-order valence-electron chi connectivity index (χ3n) is 0.992. The molecule has 0 saturated heterocycles. The second-order valence-electron chi connectivity index (χ2n) is 1.64. The number of hydrogen-bond donors (Lipinski definition) is 0. The molecule has 60 valence electrons. The van der Waals surface area contributed by atoms with Gasteiger partial charge in [-0.2, -0.15) is 0 Å². The van der Waals surface area contributed by atoms with Crippen molar-refractivity contribution in [2.24, 2.45) is 0 Å². The van der Waals surface area contributed by atoms with Crippen LogP contribution in [0.15, 0.2) is 16.9 Å². The second kappa shape index (κ2) is 4.70. The Hall–Kier alpha value is -0.120. The van der Waals surface area contributed by atoms with Crippen LogP contribution < -0.4 is 0 Å². The van der Waals surface area contributed by atoms with Gasteiger partial charge >= 0.3 is 0 Å². The van der Waals surface area contributed by atoms with Crippen molar-refractivity contribution in [2.75, 3.05) is 0 Å². The van der Waals surface area contributed by atoms with E-state index in [0.29, 0.717) is 21.3 Å². The fourth-order valence-corrected chi connectivity index (χ4v) is 1.01. The zero-order chi connectivity index (χ0) is 7.56. The zero-order valence-corrected chi connectivity index (χ0v) is 8.41. The SMILES string of the molecule is Cl.O=Cc1cncc(Br)c1Cl. The van der Waals surface area contributed by atoms with Gasteiger partial charge in [0.2, 0.25) is 0 Å². The molecule has 0 radical (unpaired) electrons. The van der Waals surface area contributed by atoms with E-state index in [0.717, 1.165) is 0 Å². The summed E-state index contributed by atoms with van der Waals surface area (Å²) in [6.07, 6.45) is 3.62. The molecule has 0 aliphatic heterocycles. The molecule has 2 nitrogen and oxygen atoms in total. The summed E-state index contributed by atoms with van der Waals surface area (Å²) in [6.45, 7) is 0. The third-order valence-corrected chi connectivity index (χ3v) is 2.24. The average molecular weight is 257 g/mol. The Bertz CT molecular complexity index is 267. The number of pyridine rings is 1. The first kappa shape index (κ1) is 10.9. The second-order valence-corrected chi connectivity index (χ2v) is 2.87. The normalized spacial score (nSPS) is 8.55. The minimum Gasteiger partial charge on any atom is -0.298 e. The Morgan fingerprint density at radius 3 is 2.64 bits per heavy atom. The van der Waals surface area contributed by atoms with Crippen LogP contribution in [0.5, 0.6) is 0 Å². The van der Waals surface area contributed by atoms with Gasteiger partial charge in [-0.15, -0.1) is 12.4 Å². The summed E-state index contributed by atoms with van der Waals surface area (Å²) < 4.78 is 0.638. The van der Waals surface area contributed by atoms with E-state index in [4.69, 9.17) is 11.6 Å². The summed E-state index contributed by atoms with van der Waals surface area (Å²) in [5.41, 5.74) is 0.399. The molecule has 1 rings (SSSR count). The highest BCUT2D eigenvalue weighted by atomic mass is 79.9. The Morgan fingerprint density at radius 2 is 2.18 bits per heavy atom. The van der Waals surface area contributed by atoms with Crippen LogP contribution in [-0.4, -0.2) is 11.3 Å². The predicted molar refractivity (Wildman–Crippen MR) is 49.6 cm³/mol. The first-order valence-electron chi connectivity index (χ1n) is 2.50. The van der Waals surface area contributed by atoms with Crippen LogP contribution in [0, 0.1) is 0 Å². The van der Waals surface area contributed by atoms with Crippen LogP contribution in [0.2, 0.25) is 5.02 Å². The van der Waals surface area contributed by atoms with Gasteiger partial charge in [0.1, 0.15) is 0 Å². The third kappa shape index (κ3) is 2.43. The molecular weight excluding hydrogens is 253 g/mol. The van der Waals surface area contributed by atoms with Crippen LogP contribution >= 0.6 is 39.9 Å². The molecule has 1 heterocycles. The molecule has 0 bridgehead atoms. The van der Waals surface area contributed by atoms with Crippen LogP contribution in [0.4, 0.5) is 0 Å². The number of carbonyl (C=O) groups excluding carboxylic acids is 1. The minimum atomic E-state index is 0. The standard InChI is InChI=1S/C6H3BrClNO.ClH/c7-5-2-9-1-4(3-10)6(5)8;/h1-3H;1H. The number of aldehydes is 1. The van der Waals surface area contributed by atoms with Crippen molar-refractivity contribution in [2.45, 2.75) is 0 Å². The maximum absolute atomic E-state index is 10.2. The van der Waals surface area contributed by atoms with Crippen LogP contribution in [0.3, 0.4) is 0 Å². The number of carbonyl (C=O) groups is 1. The Morgan fingerprint density at radius 1 is 1.55 bits per heavy atom. The Balaban J connectivity index is 0.000001000. The summed E-state index contributed by atoms with van der Waals surface area (Å²) >= 11 is 8.81. The largest absolute Gasteiger partial charge is 0.298 e. The van der Waals surface area contributed by atoms with Gasteiger partial charge in [0.25, 0.3) is 0 Å². The zero-order valence-electron chi connectivity index (χ0n) is 5.25. The van der Waals surface area contributed by atoms with Crippen molar-refractivity contribution >= 4 is 46.2 Å². The molecule has 0 saturated carbocycles. The quantitative estimate of drug-likeness (QED) is 0.724. The van der Waals surface area contributed by atoms with Crippen LogP contribution in [0.1, 0.15) is 10.4 Å². The molecule has 0 aromatic carbocycles. The van der Waals surface area contributed by atoms with E-state index in [2.05, 4.69) is 20.9 Å². The van der Waals surface area contributed by atoms with E-state index in [1.54, 1.807) is 0 Å². The summed E-state index contributed by atoms with van der Waals surface area (Å²) in [5.74, 6) is 0. The summed E-state index contributed by atoms with van der Waals surface area (Å²) in [5, 5.41) is 0.407. The Labute approximate surface area is 83.5 Å². The molecule has 11 heavy (non-hydrogen) atoms. The van der Waals surface area contributed by atoms with Crippen molar-refractivity contribution in [1.29, 1.82) is 0 Å². The van der Waals surface area contributed by atoms with E-state index >= 15 is 0 Å². The topological polar surface area (TPSA) is 30.0 Å². The van der Waals surface area contributed by atoms with Crippen molar-refractivity contribution in [3.8, 4) is 0 Å². The predicted octanol–water partition coefficient (Wildman–Crippen LogP) is 2.73. The van der Waals surface area contributed by atoms with Crippen molar-refractivity contribution in [1.82, 2.24) is 4.98 Å². The van der Waals surface area contributed by atoms with Gasteiger partial charge in [0.05, 0.1) is 15.1 Å². The molecule has 0 N–H and O–H groups in total. The van der Waals surface area contributed by atoms with Crippen molar-refractivity contribution < 1.29 is 4.79 Å². The van der Waals surface area contributed by atoms with Gasteiger partial charge in [-0.25, -0.2) is 0 Å². The van der Waals surface area contributed by atoms with E-state index in [-0.39, 0.29) is 12.4 Å². The van der Waals surface area contributed by atoms with Crippen molar-refractivity contribution in [3.63, 3.8) is 0 Å². The fraction of sp³-hybridized carbons (Fsp3) is 0. The molecule has 0 unspecified atom stereocenters. The first-order valence-corrected chi connectivity index (χ1v) is 3.67. The highest BCUT2D eigenvalue weighted by Gasteiger charge is 2.01. The lowest BCUT2D eigenvalue weighted by Crippen LogP contribution is -1.84. The van der Waals surface area contributed by atoms with Gasteiger partial charge < -0.3 is 0 Å². The molecule has 1 aromatic heterocycles. The van der Waals surface area contributed by atoms with Crippen molar-refractivity contribution in [3.05, 3.63) is 27.5 Å². The maximum Gasteiger partial charge on any atom is 0.153 e. The monoisotopic (exact) mass is 255 g/mol. The number of nitrogens with zero attached hydrogens (tertiary/aromatic N) is 1. The maximum atomic E-state index is 10.2. The van der Waals surface area contributed by atoms with E-state index in [1.807, 2.05) is 0 Å². The van der Waals surface area contributed by atoms with E-state index in [1.165, 1.54) is 12.4 Å². The van der Waals surface area contributed by atoms with Gasteiger partial charge in [0, 0.05) is 12.4 Å². The van der Waals surface area contributed by atoms with Crippen LogP contribution in [-0.2, 0) is 0 Å². The molecular formula is C6H4BrCl2NO. The molecule has 0 atom stereocenters. The van der Waals surface area contributed by atoms with Gasteiger partial charge in [0.15, 0.2) is 6.29 Å². The molecule has 0 spiro atoms. The first-order chi connectivity index (χ1) is 4.75. The smallest absolute Gasteiger partial charge is 0.153 e. The lowest BCUT2D eigenvalue weighted by atomic mass is 10.3. The van der Waals surface area contributed by atoms with Gasteiger partial charge in [-0.1, -0.05) is 11.6 Å². The minimum absolute atomic E-state index is 0. The van der Waals surface area contributed by atoms with Gasteiger partial charge in [-0.05, 0) is 15.9 Å². The lowest BCUT2D eigenvalue weighted by molar-refractivity contribution is 0.112. The summed E-state index contributed by atoms with van der Waals surface area (Å²) in [6, 6.07) is 0. The fourth-order valence-electron chi connectivity index (χ4n) is 0.516. The van der Waals surface area contributed by atoms with Crippen LogP contribution in [0.25, 0.3) is 0 Å². The van der Waals surface area contributed by atoms with E-state index in [9.17, 15) is 4.79 Å². The van der Waals surface area contributed by atoms with Gasteiger partial charge in [-0.3, -0.25) is 9.78 Å². The molecule has 5 heteroatoms. The average Bonchev–Trinajstić information content (AvgIpc) is 1.95. The highest BCUT2D eigenvalue weighted by Crippen LogP contribution is 2.23. The number of hydrogen-bond acceptors (Lipinski definition) is 2. The number of aromatic nitrogens is 1. The lowest BCUT2D eigenvalue weighted by Gasteiger charge is -1.95. The molecule has 0 aliphatic carbocycles. The van der Waals surface area contributed by atoms with E-state index < -0.39 is 0 Å². The summed E-state index contributed by atoms with van der Waals surface area (Å²) in [4.78, 5) is 14.0. The highest BCUT2D eigenvalue weighted by molar-refractivity contribution is 9.10. The molecule has 0 fully saturated rings. The molecule has 1 aromatic rings. The number of rotatable bonds is 1. The Kier molecular flexibility index (Phi) is 4.65. The molecule has 0 amide bonds. The number of halogens is 3. The summed E-state index contributed by atoms with van der Waals surface area (Å²) in [7, 11) is 0. The molecule has 0 aliphatic rings.